The minimum absolute atomic E-state index is 0.0601. The van der Waals surface area contributed by atoms with Gasteiger partial charge < -0.3 is 9.55 Å². The molecule has 0 unspecified atom stereocenters. The van der Waals surface area contributed by atoms with Gasteiger partial charge in [-0.2, -0.15) is 0 Å². The lowest BCUT2D eigenvalue weighted by atomic mass is 10.1. The van der Waals surface area contributed by atoms with E-state index in [1.165, 1.54) is 15.8 Å². The molecular formula is C27H22N4OS. The molecule has 6 rings (SSSR count). The van der Waals surface area contributed by atoms with E-state index in [4.69, 9.17) is 4.98 Å². The molecule has 0 bridgehead atoms. The highest BCUT2D eigenvalue weighted by Crippen LogP contribution is 2.27. The first-order valence-corrected chi connectivity index (χ1v) is 11.8. The Kier molecular flexibility index (Phi) is 4.73. The molecule has 2 aromatic carbocycles. The maximum atomic E-state index is 13.5. The third-order valence-electron chi connectivity index (χ3n) is 6.17. The zero-order valence-electron chi connectivity index (χ0n) is 18.2. The number of imidazole rings is 1. The molecule has 0 amide bonds. The number of aromatic amines is 1. The van der Waals surface area contributed by atoms with E-state index in [0.29, 0.717) is 24.4 Å². The highest BCUT2D eigenvalue weighted by atomic mass is 32.1. The van der Waals surface area contributed by atoms with Crippen LogP contribution in [0.15, 0.2) is 89.2 Å². The van der Waals surface area contributed by atoms with Crippen LogP contribution in [0.5, 0.6) is 0 Å². The number of benzene rings is 2. The summed E-state index contributed by atoms with van der Waals surface area (Å²) < 4.78 is 5.09. The van der Waals surface area contributed by atoms with Gasteiger partial charge >= 0.3 is 0 Å². The number of nitrogens with zero attached hydrogens (tertiary/aromatic N) is 3. The molecule has 0 fully saturated rings. The molecule has 0 saturated heterocycles. The Morgan fingerprint density at radius 1 is 0.970 bits per heavy atom. The lowest BCUT2D eigenvalue weighted by molar-refractivity contribution is 0.867. The summed E-state index contributed by atoms with van der Waals surface area (Å²) in [6.07, 6.45) is 3.05. The van der Waals surface area contributed by atoms with Crippen molar-refractivity contribution in [1.29, 1.82) is 0 Å². The van der Waals surface area contributed by atoms with Gasteiger partial charge in [0.1, 0.15) is 5.69 Å². The van der Waals surface area contributed by atoms with E-state index in [1.807, 2.05) is 61.8 Å². The number of rotatable bonds is 5. The molecule has 5 nitrogen and oxygen atoms in total. The number of H-pyrrole nitrogens is 1. The van der Waals surface area contributed by atoms with Crippen LogP contribution in [-0.4, -0.2) is 19.1 Å². The predicted molar refractivity (Wildman–Crippen MR) is 134 cm³/mol. The normalized spacial score (nSPS) is 11.5. The Hall–Kier alpha value is -3.90. The number of hydrogen-bond donors (Lipinski definition) is 1. The average Bonchev–Trinajstić information content (AvgIpc) is 3.52. The van der Waals surface area contributed by atoms with Crippen molar-refractivity contribution in [2.45, 2.75) is 12.8 Å². The molecule has 0 spiro atoms. The molecule has 0 atom stereocenters. The van der Waals surface area contributed by atoms with Crippen LogP contribution < -0.4 is 5.56 Å². The second kappa shape index (κ2) is 7.90. The van der Waals surface area contributed by atoms with Gasteiger partial charge in [0, 0.05) is 31.8 Å². The van der Waals surface area contributed by atoms with Gasteiger partial charge in [-0.15, -0.1) is 11.3 Å². The summed E-state index contributed by atoms with van der Waals surface area (Å²) in [5.41, 5.74) is 6.82. The third-order valence-corrected chi connectivity index (χ3v) is 7.02. The molecule has 6 heteroatoms. The molecule has 2 aromatic heterocycles. The Morgan fingerprint density at radius 2 is 1.73 bits per heavy atom. The van der Waals surface area contributed by atoms with Crippen molar-refractivity contribution in [3.63, 3.8) is 0 Å². The van der Waals surface area contributed by atoms with E-state index in [-0.39, 0.29) is 5.56 Å². The molecule has 0 radical (unpaired) electrons. The predicted octanol–water partition coefficient (Wildman–Crippen LogP) is 5.40. The molecule has 0 aliphatic carbocycles. The molecular weight excluding hydrogens is 428 g/mol. The standard InChI is InChI=1S/C27H22N4OS/c1-30-20(16-25-24(30)12-13-33-25)15-22-27(32)31-17-23(19-10-6-3-7-11-19)28-21(26(31)29-22)14-18-8-4-2-5-9-18/h2-13,16-17,28H,14-15H2,1H3. The van der Waals surface area contributed by atoms with Gasteiger partial charge in [0.2, 0.25) is 0 Å². The van der Waals surface area contributed by atoms with Crippen molar-refractivity contribution in [1.82, 2.24) is 19.1 Å². The number of nitrogens with one attached hydrogen (secondary N) is 1. The quantitative estimate of drug-likeness (QED) is 0.382. The fourth-order valence-corrected chi connectivity index (χ4v) is 5.30. The van der Waals surface area contributed by atoms with Gasteiger partial charge in [-0.1, -0.05) is 60.7 Å². The number of thiophene rings is 1. The van der Waals surface area contributed by atoms with Crippen molar-refractivity contribution in [3.8, 4) is 17.1 Å². The van der Waals surface area contributed by atoms with Crippen LogP contribution in [0.2, 0.25) is 0 Å². The van der Waals surface area contributed by atoms with Crippen molar-refractivity contribution in [2.24, 2.45) is 7.05 Å². The molecule has 33 heavy (non-hydrogen) atoms. The van der Waals surface area contributed by atoms with Crippen LogP contribution in [0.4, 0.5) is 0 Å². The zero-order valence-corrected chi connectivity index (χ0v) is 19.0. The maximum absolute atomic E-state index is 13.5. The Bertz CT molecular complexity index is 1590. The van der Waals surface area contributed by atoms with E-state index >= 15 is 0 Å². The molecule has 2 aliphatic rings. The van der Waals surface area contributed by atoms with E-state index in [1.54, 1.807) is 15.9 Å². The smallest absolute Gasteiger partial charge is 0.278 e. The van der Waals surface area contributed by atoms with Gasteiger partial charge in [0.05, 0.1) is 21.6 Å². The first kappa shape index (κ1) is 19.8. The topological polar surface area (TPSA) is 55.6 Å². The van der Waals surface area contributed by atoms with Crippen molar-refractivity contribution in [3.05, 3.63) is 117 Å². The Labute approximate surface area is 194 Å². The van der Waals surface area contributed by atoms with Crippen molar-refractivity contribution >= 4 is 21.6 Å². The first-order chi connectivity index (χ1) is 16.2. The van der Waals surface area contributed by atoms with Crippen LogP contribution in [0, 0.1) is 0 Å². The zero-order chi connectivity index (χ0) is 22.4. The SMILES string of the molecule is Cn1c(Cc2nc3c(Cc4ccccc4)[nH]c(-c4ccccc4)cn-3c2=O)cc2sccc21. The minimum atomic E-state index is -0.0601. The van der Waals surface area contributed by atoms with Crippen LogP contribution in [0.3, 0.4) is 0 Å². The summed E-state index contributed by atoms with van der Waals surface area (Å²) in [5, 5.41) is 2.09. The first-order valence-electron chi connectivity index (χ1n) is 10.9. The largest absolute Gasteiger partial charge is 0.354 e. The number of aromatic nitrogens is 4. The van der Waals surface area contributed by atoms with Crippen molar-refractivity contribution in [2.75, 3.05) is 0 Å². The summed E-state index contributed by atoms with van der Waals surface area (Å²) in [4.78, 5) is 21.9. The van der Waals surface area contributed by atoms with Gasteiger partial charge in [0.15, 0.2) is 5.82 Å². The molecule has 162 valence electrons. The number of aryl methyl sites for hydroxylation is 1. The lowest BCUT2D eigenvalue weighted by Gasteiger charge is -2.13. The summed E-state index contributed by atoms with van der Waals surface area (Å²) in [5.74, 6) is 0.689. The van der Waals surface area contributed by atoms with Gasteiger partial charge in [-0.3, -0.25) is 9.36 Å². The summed E-state index contributed by atoms with van der Waals surface area (Å²) in [6.45, 7) is 0. The van der Waals surface area contributed by atoms with E-state index in [0.717, 1.165) is 22.6 Å². The third kappa shape index (κ3) is 3.49. The maximum Gasteiger partial charge on any atom is 0.278 e. The summed E-state index contributed by atoms with van der Waals surface area (Å²) >= 11 is 1.72. The van der Waals surface area contributed by atoms with E-state index < -0.39 is 0 Å². The van der Waals surface area contributed by atoms with Crippen LogP contribution in [0.1, 0.15) is 22.6 Å². The van der Waals surface area contributed by atoms with Gasteiger partial charge in [-0.05, 0) is 28.6 Å². The Balaban J connectivity index is 1.49. The van der Waals surface area contributed by atoms with Gasteiger partial charge in [-0.25, -0.2) is 4.98 Å². The fourth-order valence-electron chi connectivity index (χ4n) is 4.42. The number of hydrogen-bond acceptors (Lipinski definition) is 3. The molecule has 2 aliphatic heterocycles. The summed E-state index contributed by atoms with van der Waals surface area (Å²) in [7, 11) is 2.05. The van der Waals surface area contributed by atoms with E-state index in [2.05, 4.69) is 39.2 Å². The highest BCUT2D eigenvalue weighted by molar-refractivity contribution is 7.17. The molecule has 4 heterocycles. The minimum Gasteiger partial charge on any atom is -0.354 e. The molecule has 4 aromatic rings. The highest BCUT2D eigenvalue weighted by Gasteiger charge is 2.21. The summed E-state index contributed by atoms with van der Waals surface area (Å²) in [6, 6.07) is 24.6. The van der Waals surface area contributed by atoms with Crippen molar-refractivity contribution < 1.29 is 0 Å². The van der Waals surface area contributed by atoms with Gasteiger partial charge in [0.25, 0.3) is 5.56 Å². The van der Waals surface area contributed by atoms with E-state index in [9.17, 15) is 4.79 Å². The fraction of sp³-hybridized carbons (Fsp3) is 0.111. The average molecular weight is 451 g/mol. The second-order valence-corrected chi connectivity index (χ2v) is 9.22. The monoisotopic (exact) mass is 450 g/mol. The van der Waals surface area contributed by atoms with Crippen LogP contribution in [-0.2, 0) is 19.9 Å². The number of fused-ring (bicyclic) bond motifs is 2. The molecule has 1 N–H and O–H groups in total. The second-order valence-electron chi connectivity index (χ2n) is 8.27. The Morgan fingerprint density at radius 3 is 2.48 bits per heavy atom. The lowest BCUT2D eigenvalue weighted by Crippen LogP contribution is -2.18. The molecule has 0 saturated carbocycles. The van der Waals surface area contributed by atoms with Crippen LogP contribution >= 0.6 is 11.3 Å². The van der Waals surface area contributed by atoms with Crippen LogP contribution in [0.25, 0.3) is 27.3 Å².